The van der Waals surface area contributed by atoms with Crippen molar-refractivity contribution in [1.29, 1.82) is 0 Å². The Morgan fingerprint density at radius 3 is 2.50 bits per heavy atom. The van der Waals surface area contributed by atoms with Crippen molar-refractivity contribution in [3.63, 3.8) is 0 Å². The zero-order valence-electron chi connectivity index (χ0n) is 17.2. The molecule has 0 spiro atoms. The summed E-state index contributed by atoms with van der Waals surface area (Å²) in [5.74, 6) is -0.266. The van der Waals surface area contributed by atoms with E-state index in [1.807, 2.05) is 6.92 Å². The van der Waals surface area contributed by atoms with Crippen LogP contribution in [0.25, 0.3) is 0 Å². The van der Waals surface area contributed by atoms with Crippen LogP contribution in [0.3, 0.4) is 0 Å². The van der Waals surface area contributed by atoms with Gasteiger partial charge in [-0.1, -0.05) is 13.0 Å². The SMILES string of the molecule is CCCOc1ncccc1CNC(=O)CN(C)S(=O)(=O)c1ccc(NC(C)=O)cc1. The predicted octanol–water partition coefficient (Wildman–Crippen LogP) is 1.77. The van der Waals surface area contributed by atoms with E-state index >= 15 is 0 Å². The molecule has 2 aromatic rings. The van der Waals surface area contributed by atoms with Gasteiger partial charge in [0.1, 0.15) is 0 Å². The molecule has 9 nitrogen and oxygen atoms in total. The molecule has 0 saturated carbocycles. The summed E-state index contributed by atoms with van der Waals surface area (Å²) in [5.41, 5.74) is 1.19. The molecule has 1 heterocycles. The van der Waals surface area contributed by atoms with E-state index in [1.165, 1.54) is 38.2 Å². The number of nitrogens with one attached hydrogen (secondary N) is 2. The van der Waals surface area contributed by atoms with Crippen LogP contribution in [0, 0.1) is 0 Å². The number of sulfonamides is 1. The number of carbonyl (C=O) groups is 2. The van der Waals surface area contributed by atoms with Crippen LogP contribution in [-0.4, -0.2) is 49.7 Å². The van der Waals surface area contributed by atoms with Crippen molar-refractivity contribution < 1.29 is 22.7 Å². The summed E-state index contributed by atoms with van der Waals surface area (Å²) in [7, 11) is -2.53. The van der Waals surface area contributed by atoms with Crippen molar-refractivity contribution in [2.24, 2.45) is 0 Å². The summed E-state index contributed by atoms with van der Waals surface area (Å²) in [5, 5.41) is 5.26. The lowest BCUT2D eigenvalue weighted by Gasteiger charge is -2.17. The number of rotatable bonds is 10. The molecule has 0 unspecified atom stereocenters. The summed E-state index contributed by atoms with van der Waals surface area (Å²) >= 11 is 0. The third kappa shape index (κ3) is 6.53. The van der Waals surface area contributed by atoms with Gasteiger partial charge in [-0.3, -0.25) is 9.59 Å². The Hall–Kier alpha value is -2.98. The van der Waals surface area contributed by atoms with Crippen LogP contribution in [0.1, 0.15) is 25.8 Å². The number of carbonyl (C=O) groups excluding carboxylic acids is 2. The van der Waals surface area contributed by atoms with Gasteiger partial charge in [-0.05, 0) is 36.8 Å². The fourth-order valence-electron chi connectivity index (χ4n) is 2.52. The van der Waals surface area contributed by atoms with Gasteiger partial charge in [0.25, 0.3) is 0 Å². The number of pyridine rings is 1. The summed E-state index contributed by atoms with van der Waals surface area (Å²) in [6.45, 7) is 3.68. The second kappa shape index (κ2) is 10.7. The van der Waals surface area contributed by atoms with Crippen LogP contribution < -0.4 is 15.4 Å². The zero-order chi connectivity index (χ0) is 22.1. The molecule has 0 fully saturated rings. The van der Waals surface area contributed by atoms with E-state index in [0.717, 1.165) is 10.7 Å². The number of amides is 2. The van der Waals surface area contributed by atoms with Crippen LogP contribution in [0.4, 0.5) is 5.69 Å². The number of nitrogens with zero attached hydrogens (tertiary/aromatic N) is 2. The van der Waals surface area contributed by atoms with Crippen LogP contribution >= 0.6 is 0 Å². The molecule has 30 heavy (non-hydrogen) atoms. The van der Waals surface area contributed by atoms with E-state index in [-0.39, 0.29) is 23.9 Å². The maximum absolute atomic E-state index is 12.7. The Labute approximate surface area is 176 Å². The van der Waals surface area contributed by atoms with Gasteiger partial charge >= 0.3 is 0 Å². The molecule has 0 aliphatic carbocycles. The molecule has 0 bridgehead atoms. The fourth-order valence-corrected chi connectivity index (χ4v) is 3.64. The molecule has 0 radical (unpaired) electrons. The van der Waals surface area contributed by atoms with Gasteiger partial charge < -0.3 is 15.4 Å². The normalized spacial score (nSPS) is 11.2. The van der Waals surface area contributed by atoms with E-state index in [2.05, 4.69) is 15.6 Å². The lowest BCUT2D eigenvalue weighted by molar-refractivity contribution is -0.121. The monoisotopic (exact) mass is 434 g/mol. The van der Waals surface area contributed by atoms with E-state index in [1.54, 1.807) is 18.3 Å². The zero-order valence-corrected chi connectivity index (χ0v) is 18.0. The van der Waals surface area contributed by atoms with E-state index in [0.29, 0.717) is 23.7 Å². The molecule has 1 aromatic carbocycles. The summed E-state index contributed by atoms with van der Waals surface area (Å²) in [6.07, 6.45) is 2.44. The Morgan fingerprint density at radius 1 is 1.17 bits per heavy atom. The first-order chi connectivity index (χ1) is 14.2. The van der Waals surface area contributed by atoms with Gasteiger partial charge in [-0.2, -0.15) is 4.31 Å². The van der Waals surface area contributed by atoms with Gasteiger partial charge in [0.05, 0.1) is 18.0 Å². The van der Waals surface area contributed by atoms with Gasteiger partial charge in [-0.15, -0.1) is 0 Å². The lowest BCUT2D eigenvalue weighted by Crippen LogP contribution is -2.38. The molecular weight excluding hydrogens is 408 g/mol. The number of hydrogen-bond donors (Lipinski definition) is 2. The first-order valence-electron chi connectivity index (χ1n) is 9.41. The molecule has 2 rings (SSSR count). The molecule has 10 heteroatoms. The largest absolute Gasteiger partial charge is 0.477 e. The molecule has 0 saturated heterocycles. The van der Waals surface area contributed by atoms with E-state index in [9.17, 15) is 18.0 Å². The minimum atomic E-state index is -3.86. The molecule has 2 N–H and O–H groups in total. The van der Waals surface area contributed by atoms with Crippen molar-refractivity contribution in [3.05, 3.63) is 48.2 Å². The quantitative estimate of drug-likeness (QED) is 0.588. The van der Waals surface area contributed by atoms with Crippen LogP contribution in [0.2, 0.25) is 0 Å². The average Bonchev–Trinajstić information content (AvgIpc) is 2.71. The molecular formula is C20H26N4O5S. The number of aromatic nitrogens is 1. The third-order valence-electron chi connectivity index (χ3n) is 4.02. The molecule has 162 valence electrons. The fraction of sp³-hybridized carbons (Fsp3) is 0.350. The minimum absolute atomic E-state index is 0.0226. The number of ether oxygens (including phenoxy) is 1. The highest BCUT2D eigenvalue weighted by Gasteiger charge is 2.23. The van der Waals surface area contributed by atoms with Gasteiger partial charge in [-0.25, -0.2) is 13.4 Å². The number of benzene rings is 1. The van der Waals surface area contributed by atoms with Crippen molar-refractivity contribution in [2.75, 3.05) is 25.5 Å². The Kier molecular flexibility index (Phi) is 8.31. The highest BCUT2D eigenvalue weighted by atomic mass is 32.2. The molecule has 0 aliphatic rings. The number of anilines is 1. The Balaban J connectivity index is 1.97. The second-order valence-electron chi connectivity index (χ2n) is 6.56. The first kappa shape index (κ1) is 23.3. The van der Waals surface area contributed by atoms with Crippen LogP contribution in [-0.2, 0) is 26.2 Å². The van der Waals surface area contributed by atoms with Gasteiger partial charge in [0.15, 0.2) is 0 Å². The molecule has 2 amide bonds. The summed E-state index contributed by atoms with van der Waals surface area (Å²) in [4.78, 5) is 27.5. The van der Waals surface area contributed by atoms with Crippen molar-refractivity contribution in [1.82, 2.24) is 14.6 Å². The Morgan fingerprint density at radius 2 is 1.87 bits per heavy atom. The molecule has 0 aliphatic heterocycles. The summed E-state index contributed by atoms with van der Waals surface area (Å²) < 4.78 is 31.9. The smallest absolute Gasteiger partial charge is 0.243 e. The highest BCUT2D eigenvalue weighted by Crippen LogP contribution is 2.18. The first-order valence-corrected chi connectivity index (χ1v) is 10.9. The van der Waals surface area contributed by atoms with E-state index < -0.39 is 15.9 Å². The second-order valence-corrected chi connectivity index (χ2v) is 8.60. The van der Waals surface area contributed by atoms with Gasteiger partial charge in [0, 0.05) is 38.0 Å². The average molecular weight is 435 g/mol. The lowest BCUT2D eigenvalue weighted by atomic mass is 10.2. The third-order valence-corrected chi connectivity index (χ3v) is 5.84. The van der Waals surface area contributed by atoms with Crippen molar-refractivity contribution in [2.45, 2.75) is 31.7 Å². The van der Waals surface area contributed by atoms with Gasteiger partial charge in [0.2, 0.25) is 27.7 Å². The number of hydrogen-bond acceptors (Lipinski definition) is 6. The number of likely N-dealkylation sites (N-methyl/N-ethyl adjacent to an activating group) is 1. The minimum Gasteiger partial charge on any atom is -0.477 e. The van der Waals surface area contributed by atoms with Crippen LogP contribution in [0.15, 0.2) is 47.5 Å². The molecule has 1 aromatic heterocycles. The topological polar surface area (TPSA) is 118 Å². The van der Waals surface area contributed by atoms with Crippen molar-refractivity contribution >= 4 is 27.5 Å². The maximum Gasteiger partial charge on any atom is 0.243 e. The summed E-state index contributed by atoms with van der Waals surface area (Å²) in [6, 6.07) is 9.26. The highest BCUT2D eigenvalue weighted by molar-refractivity contribution is 7.89. The molecule has 0 atom stereocenters. The van der Waals surface area contributed by atoms with Crippen molar-refractivity contribution in [3.8, 4) is 5.88 Å². The standard InChI is InChI=1S/C20H26N4O5S/c1-4-12-29-20-16(6-5-11-21-20)13-22-19(26)14-24(3)30(27,28)18-9-7-17(8-10-18)23-15(2)25/h5-11H,4,12-14H2,1-3H3,(H,22,26)(H,23,25). The van der Waals surface area contributed by atoms with E-state index in [4.69, 9.17) is 4.74 Å². The maximum atomic E-state index is 12.7. The Bertz CT molecular complexity index is 977. The predicted molar refractivity (Wildman–Crippen MR) is 112 cm³/mol. The van der Waals surface area contributed by atoms with Crippen LogP contribution in [0.5, 0.6) is 5.88 Å².